The molecule has 0 aromatic heterocycles. The van der Waals surface area contributed by atoms with Crippen LogP contribution < -0.4 is 0 Å². The van der Waals surface area contributed by atoms with Gasteiger partial charge in [0, 0.05) is 0 Å². The second kappa shape index (κ2) is 16.2. The monoisotopic (exact) mass is 540 g/mol. The maximum atomic E-state index is 2.47. The zero-order valence-electron chi connectivity index (χ0n) is 27.8. The summed E-state index contributed by atoms with van der Waals surface area (Å²) in [5.41, 5.74) is 11.0. The molecule has 0 saturated carbocycles. The molecule has 1 atom stereocenters. The van der Waals surface area contributed by atoms with Gasteiger partial charge in [-0.15, -0.1) is 0 Å². The third-order valence-corrected chi connectivity index (χ3v) is 9.23. The maximum absolute atomic E-state index is 2.47. The van der Waals surface area contributed by atoms with Crippen LogP contribution in [0.1, 0.15) is 127 Å². The molecule has 0 spiro atoms. The highest BCUT2D eigenvalue weighted by Gasteiger charge is 2.32. The Balaban J connectivity index is 1.78. The van der Waals surface area contributed by atoms with E-state index in [1.807, 2.05) is 0 Å². The van der Waals surface area contributed by atoms with Crippen molar-refractivity contribution in [2.45, 2.75) is 127 Å². The van der Waals surface area contributed by atoms with Crippen molar-refractivity contribution in [1.82, 2.24) is 0 Å². The van der Waals surface area contributed by atoms with E-state index in [2.05, 4.69) is 136 Å². The summed E-state index contributed by atoms with van der Waals surface area (Å²) in [6.45, 7) is 23.2. The summed E-state index contributed by atoms with van der Waals surface area (Å²) in [7, 11) is 0. The summed E-state index contributed by atoms with van der Waals surface area (Å²) in [5.74, 6) is 0.737. The molecule has 0 N–H and O–H groups in total. The van der Waals surface area contributed by atoms with Crippen molar-refractivity contribution in [3.63, 3.8) is 0 Å². The van der Waals surface area contributed by atoms with Gasteiger partial charge in [-0.1, -0.05) is 128 Å². The van der Waals surface area contributed by atoms with Crippen molar-refractivity contribution in [3.8, 4) is 0 Å². The first-order valence-electron chi connectivity index (χ1n) is 15.9. The lowest BCUT2D eigenvalue weighted by Gasteiger charge is -2.38. The molecule has 0 unspecified atom stereocenters. The molecule has 0 fully saturated rings. The lowest BCUT2D eigenvalue weighted by atomic mass is 9.67. The Morgan fingerprint density at radius 2 is 1.50 bits per heavy atom. The van der Waals surface area contributed by atoms with Crippen molar-refractivity contribution in [1.29, 1.82) is 0 Å². The van der Waals surface area contributed by atoms with Crippen LogP contribution in [0.25, 0.3) is 0 Å². The Labute approximate surface area is 249 Å². The zero-order valence-corrected chi connectivity index (χ0v) is 27.8. The van der Waals surface area contributed by atoms with Gasteiger partial charge >= 0.3 is 0 Å². The molecule has 2 rings (SSSR count). The molecule has 2 aliphatic carbocycles. The molecule has 2 aliphatic rings. The van der Waals surface area contributed by atoms with E-state index in [-0.39, 0.29) is 0 Å². The van der Waals surface area contributed by atoms with Crippen LogP contribution in [0.4, 0.5) is 0 Å². The van der Waals surface area contributed by atoms with Gasteiger partial charge in [0.25, 0.3) is 0 Å². The van der Waals surface area contributed by atoms with Crippen LogP contribution in [0.15, 0.2) is 106 Å². The van der Waals surface area contributed by atoms with Gasteiger partial charge in [0.05, 0.1) is 0 Å². The van der Waals surface area contributed by atoms with Crippen molar-refractivity contribution in [2.24, 2.45) is 16.7 Å². The molecule has 40 heavy (non-hydrogen) atoms. The standard InChI is InChI=1S/C40H60/c1-31(19-13-21-33(3)25-27-37-35(5)23-15-29-39(37,7)8)17-11-12-18-32(2)20-14-22-34(4)26-28-38-36(6)24-16-30-40(38,9)10/h11-13,17-19,21-22,24-25,27,38H,14-16,20,23,26,28-30H2,1-10H3/b12-11+,19-13+,27-25+,31-17+,32-18+,33-21+,34-22+/t38-/m0/s1. The first-order chi connectivity index (χ1) is 18.8. The van der Waals surface area contributed by atoms with Gasteiger partial charge < -0.3 is 0 Å². The minimum Gasteiger partial charge on any atom is -0.0853 e. The smallest absolute Gasteiger partial charge is 0.0104 e. The third kappa shape index (κ3) is 11.6. The first kappa shape index (κ1) is 33.9. The van der Waals surface area contributed by atoms with Gasteiger partial charge in [0.1, 0.15) is 0 Å². The van der Waals surface area contributed by atoms with Crippen LogP contribution in [0.5, 0.6) is 0 Å². The van der Waals surface area contributed by atoms with Crippen molar-refractivity contribution >= 4 is 0 Å². The summed E-state index contributed by atoms with van der Waals surface area (Å²) in [4.78, 5) is 0. The molecule has 0 nitrogen and oxygen atoms in total. The topological polar surface area (TPSA) is 0 Å². The Morgan fingerprint density at radius 3 is 2.20 bits per heavy atom. The van der Waals surface area contributed by atoms with Gasteiger partial charge in [-0.2, -0.15) is 0 Å². The largest absolute Gasteiger partial charge is 0.0853 e. The Morgan fingerprint density at radius 1 is 0.825 bits per heavy atom. The quantitative estimate of drug-likeness (QED) is 0.170. The summed E-state index contributed by atoms with van der Waals surface area (Å²) >= 11 is 0. The summed E-state index contributed by atoms with van der Waals surface area (Å²) in [6, 6.07) is 0. The average Bonchev–Trinajstić information content (AvgIpc) is 2.85. The summed E-state index contributed by atoms with van der Waals surface area (Å²) in [5, 5.41) is 0. The lowest BCUT2D eigenvalue weighted by molar-refractivity contribution is 0.204. The number of hydrogen-bond donors (Lipinski definition) is 0. The lowest BCUT2D eigenvalue weighted by Crippen LogP contribution is -2.27. The SMILES string of the molecule is CC1=CCCC(C)(C)[C@H]1CC/C(C)=C/CC/C(C)=C/C=C/C=C(C)/C=C/C=C(C)/C=C/C1=C(C)CCCC1(C)C. The van der Waals surface area contributed by atoms with Crippen molar-refractivity contribution < 1.29 is 0 Å². The maximum Gasteiger partial charge on any atom is -0.0104 e. The van der Waals surface area contributed by atoms with Crippen molar-refractivity contribution in [3.05, 3.63) is 106 Å². The fourth-order valence-corrected chi connectivity index (χ4v) is 6.44. The van der Waals surface area contributed by atoms with Gasteiger partial charge in [0.15, 0.2) is 0 Å². The molecule has 0 aliphatic heterocycles. The molecule has 220 valence electrons. The van der Waals surface area contributed by atoms with E-state index in [9.17, 15) is 0 Å². The van der Waals surface area contributed by atoms with E-state index >= 15 is 0 Å². The summed E-state index contributed by atoms with van der Waals surface area (Å²) in [6.07, 6.45) is 36.1. The van der Waals surface area contributed by atoms with E-state index in [0.717, 1.165) is 18.8 Å². The molecule has 0 heterocycles. The minimum absolute atomic E-state index is 0.298. The molecule has 0 aromatic rings. The molecule has 0 saturated heterocycles. The highest BCUT2D eigenvalue weighted by molar-refractivity contribution is 5.37. The highest BCUT2D eigenvalue weighted by Crippen LogP contribution is 2.44. The van der Waals surface area contributed by atoms with Crippen LogP contribution in [-0.2, 0) is 0 Å². The second-order valence-corrected chi connectivity index (χ2v) is 14.0. The number of rotatable bonds is 12. The average molecular weight is 541 g/mol. The third-order valence-electron chi connectivity index (χ3n) is 9.23. The van der Waals surface area contributed by atoms with Crippen LogP contribution >= 0.6 is 0 Å². The van der Waals surface area contributed by atoms with Crippen LogP contribution in [-0.4, -0.2) is 0 Å². The summed E-state index contributed by atoms with van der Waals surface area (Å²) < 4.78 is 0. The van der Waals surface area contributed by atoms with E-state index in [0.29, 0.717) is 10.8 Å². The van der Waals surface area contributed by atoms with E-state index in [4.69, 9.17) is 0 Å². The molecule has 0 bridgehead atoms. The fourth-order valence-electron chi connectivity index (χ4n) is 6.44. The molecule has 0 heteroatoms. The van der Waals surface area contributed by atoms with Crippen molar-refractivity contribution in [2.75, 3.05) is 0 Å². The number of hydrogen-bond acceptors (Lipinski definition) is 0. The first-order valence-corrected chi connectivity index (χ1v) is 15.9. The normalized spacial score (nSPS) is 23.1. The van der Waals surface area contributed by atoms with E-state index in [1.165, 1.54) is 67.2 Å². The Hall–Kier alpha value is -2.34. The van der Waals surface area contributed by atoms with E-state index < -0.39 is 0 Å². The van der Waals surface area contributed by atoms with E-state index in [1.54, 1.807) is 16.7 Å². The fraction of sp³-hybridized carbons (Fsp3) is 0.550. The zero-order chi connectivity index (χ0) is 29.8. The van der Waals surface area contributed by atoms with Gasteiger partial charge in [-0.05, 0) is 122 Å². The Bertz CT molecular complexity index is 1110. The highest BCUT2D eigenvalue weighted by atomic mass is 14.4. The predicted molar refractivity (Wildman–Crippen MR) is 182 cm³/mol. The molecule has 0 amide bonds. The molecule has 0 radical (unpaired) electrons. The Kier molecular flexibility index (Phi) is 13.7. The molecular formula is C40H60. The number of allylic oxidation sites excluding steroid dienone is 18. The van der Waals surface area contributed by atoms with Gasteiger partial charge in [-0.25, -0.2) is 0 Å². The second-order valence-electron chi connectivity index (χ2n) is 14.0. The van der Waals surface area contributed by atoms with Gasteiger partial charge in [0.2, 0.25) is 0 Å². The van der Waals surface area contributed by atoms with Crippen LogP contribution in [0, 0.1) is 16.7 Å². The molecule has 0 aromatic carbocycles. The van der Waals surface area contributed by atoms with Crippen LogP contribution in [0.3, 0.4) is 0 Å². The van der Waals surface area contributed by atoms with Gasteiger partial charge in [-0.3, -0.25) is 0 Å². The van der Waals surface area contributed by atoms with Crippen LogP contribution in [0.2, 0.25) is 0 Å². The molecular weight excluding hydrogens is 480 g/mol. The predicted octanol–water partition coefficient (Wildman–Crippen LogP) is 12.9. The minimum atomic E-state index is 0.298.